The third kappa shape index (κ3) is 1.34. The normalized spacial score (nSPS) is 41.0. The highest BCUT2D eigenvalue weighted by Gasteiger charge is 2.49. The molecule has 5 rings (SSSR count). The van der Waals surface area contributed by atoms with E-state index in [-0.39, 0.29) is 0 Å². The molecule has 0 unspecified atom stereocenters. The Labute approximate surface area is 108 Å². The quantitative estimate of drug-likeness (QED) is 0.798. The van der Waals surface area contributed by atoms with Gasteiger partial charge in [-0.05, 0) is 68.3 Å². The molecule has 0 aliphatic heterocycles. The van der Waals surface area contributed by atoms with Gasteiger partial charge in [0.25, 0.3) is 0 Å². The van der Waals surface area contributed by atoms with E-state index >= 15 is 0 Å². The molecule has 0 amide bonds. The Balaban J connectivity index is 1.73. The summed E-state index contributed by atoms with van der Waals surface area (Å²) in [5.41, 5.74) is 3.45. The molecule has 0 spiro atoms. The van der Waals surface area contributed by atoms with Crippen LogP contribution in [0.2, 0.25) is 0 Å². The average molecular weight is 240 g/mol. The van der Waals surface area contributed by atoms with Gasteiger partial charge in [0.15, 0.2) is 0 Å². The highest BCUT2D eigenvalue weighted by atomic mass is 14.7. The van der Waals surface area contributed by atoms with Gasteiger partial charge in [0, 0.05) is 17.8 Å². The summed E-state index contributed by atoms with van der Waals surface area (Å²) in [6.07, 6.45) is 9.19. The van der Waals surface area contributed by atoms with Crippen LogP contribution in [0.4, 0.5) is 0 Å². The number of nitrogens with zero attached hydrogens (tertiary/aromatic N) is 1. The predicted octanol–water partition coefficient (Wildman–Crippen LogP) is 3.73. The van der Waals surface area contributed by atoms with Crippen LogP contribution in [0.1, 0.15) is 54.8 Å². The molecule has 0 aromatic carbocycles. The first-order chi connectivity index (χ1) is 8.76. The zero-order chi connectivity index (χ0) is 12.3. The van der Waals surface area contributed by atoms with Gasteiger partial charge in [-0.25, -0.2) is 0 Å². The molecule has 4 aliphatic carbocycles. The number of hydrogen-bond donors (Lipinski definition) is 1. The first-order valence-corrected chi connectivity index (χ1v) is 7.34. The summed E-state index contributed by atoms with van der Waals surface area (Å²) in [6.45, 7) is 2.12. The molecule has 4 saturated carbocycles. The lowest BCUT2D eigenvalue weighted by atomic mass is 9.51. The Hall–Kier alpha value is -1.23. The number of rotatable bonds is 1. The molecule has 0 radical (unpaired) electrons. The summed E-state index contributed by atoms with van der Waals surface area (Å²) in [4.78, 5) is 3.43. The number of nitriles is 1. The number of nitrogens with one attached hydrogen (secondary N) is 1. The van der Waals surface area contributed by atoms with Crippen LogP contribution in [-0.4, -0.2) is 4.98 Å². The SMILES string of the molecule is Cc1c(C#N)c[nH]c1C1C2CC3CC(C2)CC1C3. The Morgan fingerprint density at radius 2 is 1.72 bits per heavy atom. The number of aromatic nitrogens is 1. The second kappa shape index (κ2) is 3.63. The standard InChI is InChI=1S/C16H20N2/c1-9-14(7-17)8-18-16(9)15-12-3-10-2-11(5-12)6-13(15)4-10/h8,10-13,15,18H,2-6H2,1H3. The van der Waals surface area contributed by atoms with Crippen molar-refractivity contribution in [3.8, 4) is 6.07 Å². The Morgan fingerprint density at radius 3 is 2.22 bits per heavy atom. The smallest absolute Gasteiger partial charge is 0.101 e. The maximum atomic E-state index is 9.11. The lowest BCUT2D eigenvalue weighted by molar-refractivity contribution is -0.00419. The molecule has 94 valence electrons. The van der Waals surface area contributed by atoms with E-state index in [9.17, 15) is 0 Å². The fraction of sp³-hybridized carbons (Fsp3) is 0.688. The molecule has 1 N–H and O–H groups in total. The third-order valence-corrected chi connectivity index (χ3v) is 5.86. The Bertz CT molecular complexity index is 492. The number of aromatic amines is 1. The van der Waals surface area contributed by atoms with E-state index in [0.29, 0.717) is 0 Å². The highest BCUT2D eigenvalue weighted by Crippen LogP contribution is 2.59. The van der Waals surface area contributed by atoms with Gasteiger partial charge in [0.05, 0.1) is 5.56 Å². The lowest BCUT2D eigenvalue weighted by Crippen LogP contribution is -2.44. The van der Waals surface area contributed by atoms with Crippen LogP contribution < -0.4 is 0 Å². The zero-order valence-corrected chi connectivity index (χ0v) is 10.9. The Kier molecular flexibility index (Phi) is 2.15. The molecule has 4 bridgehead atoms. The molecular formula is C16H20N2. The van der Waals surface area contributed by atoms with Gasteiger partial charge in [-0.1, -0.05) is 0 Å². The summed E-state index contributed by atoms with van der Waals surface area (Å²) in [7, 11) is 0. The van der Waals surface area contributed by atoms with Crippen molar-refractivity contribution in [1.82, 2.24) is 4.98 Å². The van der Waals surface area contributed by atoms with Crippen molar-refractivity contribution >= 4 is 0 Å². The molecule has 0 atom stereocenters. The van der Waals surface area contributed by atoms with Gasteiger partial charge in [-0.2, -0.15) is 5.26 Å². The van der Waals surface area contributed by atoms with Crippen LogP contribution in [0.3, 0.4) is 0 Å². The monoisotopic (exact) mass is 240 g/mol. The molecule has 4 aliphatic rings. The van der Waals surface area contributed by atoms with E-state index in [0.717, 1.165) is 35.2 Å². The summed E-state index contributed by atoms with van der Waals surface area (Å²) >= 11 is 0. The Morgan fingerprint density at radius 1 is 1.11 bits per heavy atom. The molecule has 0 saturated heterocycles. The summed E-state index contributed by atoms with van der Waals surface area (Å²) in [5.74, 6) is 4.55. The van der Waals surface area contributed by atoms with Crippen molar-refractivity contribution in [1.29, 1.82) is 5.26 Å². The van der Waals surface area contributed by atoms with Crippen LogP contribution >= 0.6 is 0 Å². The largest absolute Gasteiger partial charge is 0.363 e. The number of hydrogen-bond acceptors (Lipinski definition) is 1. The van der Waals surface area contributed by atoms with Crippen molar-refractivity contribution < 1.29 is 0 Å². The van der Waals surface area contributed by atoms with E-state index in [1.165, 1.54) is 43.4 Å². The second-order valence-electron chi connectivity index (χ2n) is 6.81. The number of H-pyrrole nitrogens is 1. The molecule has 1 aromatic rings. The van der Waals surface area contributed by atoms with Gasteiger partial charge >= 0.3 is 0 Å². The summed E-state index contributed by atoms with van der Waals surface area (Å²) in [5, 5.41) is 9.11. The molecule has 1 aromatic heterocycles. The van der Waals surface area contributed by atoms with Crippen molar-refractivity contribution in [2.75, 3.05) is 0 Å². The van der Waals surface area contributed by atoms with Gasteiger partial charge in [0.1, 0.15) is 6.07 Å². The van der Waals surface area contributed by atoms with Gasteiger partial charge in [-0.15, -0.1) is 0 Å². The van der Waals surface area contributed by atoms with E-state index in [1.807, 2.05) is 6.20 Å². The predicted molar refractivity (Wildman–Crippen MR) is 70.0 cm³/mol. The van der Waals surface area contributed by atoms with Gasteiger partial charge < -0.3 is 4.98 Å². The fourth-order valence-electron chi connectivity index (χ4n) is 5.37. The van der Waals surface area contributed by atoms with Crippen molar-refractivity contribution in [2.24, 2.45) is 23.7 Å². The van der Waals surface area contributed by atoms with E-state index in [1.54, 1.807) is 0 Å². The van der Waals surface area contributed by atoms with Crippen LogP contribution in [0.15, 0.2) is 6.20 Å². The van der Waals surface area contributed by atoms with Crippen molar-refractivity contribution in [2.45, 2.75) is 44.9 Å². The summed E-state index contributed by atoms with van der Waals surface area (Å²) in [6, 6.07) is 2.31. The molecule has 1 heterocycles. The van der Waals surface area contributed by atoms with Crippen LogP contribution in [0.25, 0.3) is 0 Å². The molecular weight excluding hydrogens is 220 g/mol. The average Bonchev–Trinajstić information content (AvgIpc) is 2.70. The third-order valence-electron chi connectivity index (χ3n) is 5.86. The van der Waals surface area contributed by atoms with E-state index < -0.39 is 0 Å². The van der Waals surface area contributed by atoms with Gasteiger partial charge in [-0.3, -0.25) is 0 Å². The molecule has 2 nitrogen and oxygen atoms in total. The highest BCUT2D eigenvalue weighted by molar-refractivity contribution is 5.41. The maximum absolute atomic E-state index is 9.11. The van der Waals surface area contributed by atoms with Crippen LogP contribution in [-0.2, 0) is 0 Å². The van der Waals surface area contributed by atoms with Gasteiger partial charge in [0.2, 0.25) is 0 Å². The minimum absolute atomic E-state index is 0.722. The van der Waals surface area contributed by atoms with Crippen molar-refractivity contribution in [3.63, 3.8) is 0 Å². The minimum atomic E-state index is 0.722. The lowest BCUT2D eigenvalue weighted by Gasteiger charge is -2.54. The van der Waals surface area contributed by atoms with E-state index in [2.05, 4.69) is 18.0 Å². The zero-order valence-electron chi connectivity index (χ0n) is 10.9. The topological polar surface area (TPSA) is 39.6 Å². The molecule has 18 heavy (non-hydrogen) atoms. The molecule has 4 fully saturated rings. The second-order valence-corrected chi connectivity index (χ2v) is 6.81. The first-order valence-electron chi connectivity index (χ1n) is 7.34. The summed E-state index contributed by atoms with van der Waals surface area (Å²) < 4.78 is 0. The minimum Gasteiger partial charge on any atom is -0.363 e. The maximum Gasteiger partial charge on any atom is 0.101 e. The van der Waals surface area contributed by atoms with Crippen LogP contribution in [0, 0.1) is 41.9 Å². The van der Waals surface area contributed by atoms with Crippen molar-refractivity contribution in [3.05, 3.63) is 23.0 Å². The first kappa shape index (κ1) is 10.7. The fourth-order valence-corrected chi connectivity index (χ4v) is 5.37. The van der Waals surface area contributed by atoms with E-state index in [4.69, 9.17) is 5.26 Å². The van der Waals surface area contributed by atoms with Crippen LogP contribution in [0.5, 0.6) is 0 Å². The molecule has 2 heteroatoms.